The molecule has 0 aliphatic carbocycles. The van der Waals surface area contributed by atoms with Crippen molar-refractivity contribution in [1.29, 1.82) is 0 Å². The molecule has 0 saturated carbocycles. The second-order valence-corrected chi connectivity index (χ2v) is 7.46. The quantitative estimate of drug-likeness (QED) is 0.448. The first kappa shape index (κ1) is 17.7. The average Bonchev–Trinajstić information content (AvgIpc) is 2.59. The van der Waals surface area contributed by atoms with E-state index in [0.29, 0.717) is 12.1 Å². The van der Waals surface area contributed by atoms with Gasteiger partial charge < -0.3 is 4.74 Å². The Morgan fingerprint density at radius 2 is 1.79 bits per heavy atom. The van der Waals surface area contributed by atoms with Crippen LogP contribution in [0.25, 0.3) is 0 Å². The van der Waals surface area contributed by atoms with E-state index in [1.807, 2.05) is 0 Å². The van der Waals surface area contributed by atoms with Gasteiger partial charge in [-0.15, -0.1) is 0 Å². The summed E-state index contributed by atoms with van der Waals surface area (Å²) < 4.78 is 5.84. The lowest BCUT2D eigenvalue weighted by atomic mass is 9.90. The van der Waals surface area contributed by atoms with Crippen molar-refractivity contribution in [2.45, 2.75) is 76.9 Å². The van der Waals surface area contributed by atoms with Crippen LogP contribution in [0.5, 0.6) is 0 Å². The first-order chi connectivity index (χ1) is 11.9. The third-order valence-electron chi connectivity index (χ3n) is 5.48. The van der Waals surface area contributed by atoms with Crippen molar-refractivity contribution >= 4 is 0 Å². The highest BCUT2D eigenvalue weighted by atomic mass is 16.5. The van der Waals surface area contributed by atoms with Gasteiger partial charge in [-0.3, -0.25) is 4.90 Å². The van der Waals surface area contributed by atoms with Gasteiger partial charge in [0.15, 0.2) is 0 Å². The Hall–Kier alpha value is -1.12. The van der Waals surface area contributed by atoms with Gasteiger partial charge in [0.2, 0.25) is 0 Å². The fourth-order valence-corrected chi connectivity index (χ4v) is 4.11. The molecule has 2 aliphatic rings. The highest BCUT2D eigenvalue weighted by Gasteiger charge is 2.34. The Bertz CT molecular complexity index is 510. The van der Waals surface area contributed by atoms with E-state index in [1.165, 1.54) is 56.9 Å². The summed E-state index contributed by atoms with van der Waals surface area (Å²) in [5.74, 6) is 0. The van der Waals surface area contributed by atoms with Crippen molar-refractivity contribution in [3.05, 3.63) is 47.5 Å². The molecule has 2 unspecified atom stereocenters. The number of benzene rings is 1. The van der Waals surface area contributed by atoms with Gasteiger partial charge in [-0.05, 0) is 24.8 Å². The van der Waals surface area contributed by atoms with E-state index in [1.54, 1.807) is 5.57 Å². The van der Waals surface area contributed by atoms with Crippen LogP contribution in [0.2, 0.25) is 0 Å². The highest BCUT2D eigenvalue weighted by Crippen LogP contribution is 2.31. The fourth-order valence-electron chi connectivity index (χ4n) is 4.11. The van der Waals surface area contributed by atoms with Gasteiger partial charge in [0.1, 0.15) is 0 Å². The summed E-state index contributed by atoms with van der Waals surface area (Å²) in [6.45, 7) is 5.11. The molecular formula is C22H33NO. The first-order valence-electron chi connectivity index (χ1n) is 9.94. The minimum absolute atomic E-state index is 0.479. The van der Waals surface area contributed by atoms with Gasteiger partial charge >= 0.3 is 0 Å². The van der Waals surface area contributed by atoms with Crippen LogP contribution >= 0.6 is 0 Å². The van der Waals surface area contributed by atoms with E-state index in [-0.39, 0.29) is 0 Å². The molecule has 2 heterocycles. The van der Waals surface area contributed by atoms with Crippen LogP contribution in [-0.4, -0.2) is 30.2 Å². The standard InChI is InChI=1S/C22H33NO/c1-2-3-4-5-6-8-13-20-14-21-17-24-18-22(15-20)23(21)16-19-11-9-7-10-12-19/h7,9-12,14,21-22H,2-6,8,13,15-18H2,1H3. The second kappa shape index (κ2) is 9.39. The molecule has 0 amide bonds. The summed E-state index contributed by atoms with van der Waals surface area (Å²) in [6, 6.07) is 11.9. The third-order valence-corrected chi connectivity index (χ3v) is 5.48. The SMILES string of the molecule is CCCCCCCCC1=CC2COCC(C1)N2Cc1ccccc1. The highest BCUT2D eigenvalue weighted by molar-refractivity contribution is 5.19. The molecule has 2 heteroatoms. The zero-order valence-electron chi connectivity index (χ0n) is 15.3. The van der Waals surface area contributed by atoms with Crippen LogP contribution in [0.1, 0.15) is 63.9 Å². The lowest BCUT2D eigenvalue weighted by Gasteiger charge is -2.45. The molecule has 2 bridgehead atoms. The van der Waals surface area contributed by atoms with E-state index in [9.17, 15) is 0 Å². The summed E-state index contributed by atoms with van der Waals surface area (Å²) in [7, 11) is 0. The number of fused-ring (bicyclic) bond motifs is 2. The summed E-state index contributed by atoms with van der Waals surface area (Å²) >= 11 is 0. The molecule has 0 N–H and O–H groups in total. The van der Waals surface area contributed by atoms with Gasteiger partial charge in [-0.2, -0.15) is 0 Å². The Morgan fingerprint density at radius 3 is 2.58 bits per heavy atom. The Labute approximate surface area is 147 Å². The maximum absolute atomic E-state index is 5.84. The van der Waals surface area contributed by atoms with E-state index in [0.717, 1.165) is 19.8 Å². The smallest absolute Gasteiger partial charge is 0.0658 e. The van der Waals surface area contributed by atoms with Crippen molar-refractivity contribution in [2.75, 3.05) is 13.2 Å². The maximum atomic E-state index is 5.84. The monoisotopic (exact) mass is 327 g/mol. The summed E-state index contributed by atoms with van der Waals surface area (Å²) in [6.07, 6.45) is 13.4. The molecule has 0 spiro atoms. The molecule has 24 heavy (non-hydrogen) atoms. The van der Waals surface area contributed by atoms with Gasteiger partial charge in [-0.25, -0.2) is 0 Å². The number of ether oxygens (including phenoxy) is 1. The van der Waals surface area contributed by atoms with E-state index < -0.39 is 0 Å². The van der Waals surface area contributed by atoms with Crippen molar-refractivity contribution < 1.29 is 4.74 Å². The number of nitrogens with zero attached hydrogens (tertiary/aromatic N) is 1. The normalized spacial score (nSPS) is 24.0. The molecule has 2 atom stereocenters. The van der Waals surface area contributed by atoms with Crippen LogP contribution in [0, 0.1) is 0 Å². The Morgan fingerprint density at radius 1 is 1.00 bits per heavy atom. The molecule has 2 aliphatic heterocycles. The molecule has 1 aromatic carbocycles. The second-order valence-electron chi connectivity index (χ2n) is 7.46. The van der Waals surface area contributed by atoms with E-state index in [4.69, 9.17) is 4.74 Å². The lowest BCUT2D eigenvalue weighted by Crippen LogP contribution is -2.53. The van der Waals surface area contributed by atoms with E-state index in [2.05, 4.69) is 48.2 Å². The van der Waals surface area contributed by atoms with Gasteiger partial charge in [-0.1, -0.05) is 81.0 Å². The molecule has 1 saturated heterocycles. The van der Waals surface area contributed by atoms with E-state index >= 15 is 0 Å². The van der Waals surface area contributed by atoms with Crippen LogP contribution in [0.3, 0.4) is 0 Å². The molecule has 2 nitrogen and oxygen atoms in total. The van der Waals surface area contributed by atoms with Crippen molar-refractivity contribution in [3.8, 4) is 0 Å². The van der Waals surface area contributed by atoms with Crippen LogP contribution < -0.4 is 0 Å². The maximum Gasteiger partial charge on any atom is 0.0658 e. The predicted molar refractivity (Wildman–Crippen MR) is 101 cm³/mol. The number of hydrogen-bond acceptors (Lipinski definition) is 2. The third kappa shape index (κ3) is 4.94. The molecular weight excluding hydrogens is 294 g/mol. The predicted octanol–water partition coefficient (Wildman–Crippen LogP) is 5.34. The molecule has 0 radical (unpaired) electrons. The van der Waals surface area contributed by atoms with Gasteiger partial charge in [0.25, 0.3) is 0 Å². The van der Waals surface area contributed by atoms with Crippen molar-refractivity contribution in [2.24, 2.45) is 0 Å². The zero-order valence-corrected chi connectivity index (χ0v) is 15.3. The number of morpholine rings is 1. The minimum atomic E-state index is 0.479. The van der Waals surface area contributed by atoms with Gasteiger partial charge in [0, 0.05) is 12.6 Å². The molecule has 132 valence electrons. The van der Waals surface area contributed by atoms with Crippen LogP contribution in [-0.2, 0) is 11.3 Å². The largest absolute Gasteiger partial charge is 0.378 e. The Balaban J connectivity index is 1.51. The summed E-state index contributed by atoms with van der Waals surface area (Å²) in [4.78, 5) is 2.66. The number of unbranched alkanes of at least 4 members (excludes halogenated alkanes) is 5. The molecule has 3 rings (SSSR count). The summed E-state index contributed by atoms with van der Waals surface area (Å²) in [5, 5.41) is 0. The molecule has 1 aromatic rings. The zero-order chi connectivity index (χ0) is 16.6. The number of hydrogen-bond donors (Lipinski definition) is 0. The van der Waals surface area contributed by atoms with Gasteiger partial charge in [0.05, 0.1) is 19.3 Å². The molecule has 1 fully saturated rings. The molecule has 0 aromatic heterocycles. The van der Waals surface area contributed by atoms with Crippen LogP contribution in [0.4, 0.5) is 0 Å². The van der Waals surface area contributed by atoms with Crippen molar-refractivity contribution in [3.63, 3.8) is 0 Å². The van der Waals surface area contributed by atoms with Crippen LogP contribution in [0.15, 0.2) is 42.0 Å². The van der Waals surface area contributed by atoms with Crippen molar-refractivity contribution in [1.82, 2.24) is 4.90 Å². The minimum Gasteiger partial charge on any atom is -0.378 e. The lowest BCUT2D eigenvalue weighted by molar-refractivity contribution is -0.0442. The first-order valence-corrected chi connectivity index (χ1v) is 9.94. The topological polar surface area (TPSA) is 12.5 Å². The average molecular weight is 328 g/mol. The Kier molecular flexibility index (Phi) is 6.92. The number of rotatable bonds is 9. The summed E-state index contributed by atoms with van der Waals surface area (Å²) in [5.41, 5.74) is 3.11. The fraction of sp³-hybridized carbons (Fsp3) is 0.636.